The summed E-state index contributed by atoms with van der Waals surface area (Å²) in [6, 6.07) is 7.01. The number of nitrogens with zero attached hydrogens (tertiary/aromatic N) is 2. The van der Waals surface area contributed by atoms with Crippen LogP contribution in [-0.4, -0.2) is 31.5 Å². The van der Waals surface area contributed by atoms with E-state index in [-0.39, 0.29) is 11.4 Å². The molecule has 0 aliphatic heterocycles. The monoisotopic (exact) mass is 445 g/mol. The molecule has 0 bridgehead atoms. The summed E-state index contributed by atoms with van der Waals surface area (Å²) in [6.07, 6.45) is 0.922. The standard InChI is InChI=1S/C17H17Cl2N3O5S/c1-10-4-5-15(22(24)25)9-16(10)21(28(3,26)27)11(2)17(23)20-14-7-12(18)6-13(19)8-14/h4-9,11H,1-3H3,(H,20,23). The summed E-state index contributed by atoms with van der Waals surface area (Å²) >= 11 is 11.8. The minimum atomic E-state index is -3.94. The van der Waals surface area contributed by atoms with E-state index in [4.69, 9.17) is 23.2 Å². The quantitative estimate of drug-likeness (QED) is 0.533. The van der Waals surface area contributed by atoms with E-state index < -0.39 is 26.9 Å². The summed E-state index contributed by atoms with van der Waals surface area (Å²) in [5.74, 6) is -0.658. The van der Waals surface area contributed by atoms with Gasteiger partial charge in [-0.2, -0.15) is 0 Å². The lowest BCUT2D eigenvalue weighted by molar-refractivity contribution is -0.384. The van der Waals surface area contributed by atoms with Crippen LogP contribution in [0.25, 0.3) is 0 Å². The second-order valence-electron chi connectivity index (χ2n) is 6.11. The van der Waals surface area contributed by atoms with Crippen LogP contribution >= 0.6 is 23.2 Å². The van der Waals surface area contributed by atoms with Gasteiger partial charge in [0.25, 0.3) is 5.69 Å². The molecular formula is C17H17Cl2N3O5S. The molecule has 11 heteroatoms. The van der Waals surface area contributed by atoms with Gasteiger partial charge in [0, 0.05) is 27.9 Å². The summed E-state index contributed by atoms with van der Waals surface area (Å²) in [7, 11) is -3.94. The third kappa shape index (κ3) is 5.12. The molecule has 0 spiro atoms. The van der Waals surface area contributed by atoms with E-state index in [9.17, 15) is 23.3 Å². The number of hydrogen-bond acceptors (Lipinski definition) is 5. The van der Waals surface area contributed by atoms with Gasteiger partial charge in [0.2, 0.25) is 15.9 Å². The number of rotatable bonds is 6. The number of aryl methyl sites for hydroxylation is 1. The first-order valence-electron chi connectivity index (χ1n) is 7.91. The number of halogens is 2. The Kier molecular flexibility index (Phi) is 6.53. The Labute approximate surface area is 172 Å². The number of sulfonamides is 1. The second-order valence-corrected chi connectivity index (χ2v) is 8.84. The Bertz CT molecular complexity index is 1020. The lowest BCUT2D eigenvalue weighted by Crippen LogP contribution is -2.45. The molecule has 2 aromatic rings. The highest BCUT2D eigenvalue weighted by molar-refractivity contribution is 7.92. The number of nitro benzene ring substituents is 1. The maximum absolute atomic E-state index is 12.7. The number of amides is 1. The molecule has 0 heterocycles. The van der Waals surface area contributed by atoms with Crippen molar-refractivity contribution in [3.63, 3.8) is 0 Å². The molecular weight excluding hydrogens is 429 g/mol. The average Bonchev–Trinajstić information content (AvgIpc) is 2.54. The minimum Gasteiger partial charge on any atom is -0.324 e. The fraction of sp³-hybridized carbons (Fsp3) is 0.235. The fourth-order valence-electron chi connectivity index (χ4n) is 2.60. The number of benzene rings is 2. The predicted molar refractivity (Wildman–Crippen MR) is 110 cm³/mol. The van der Waals surface area contributed by atoms with Crippen LogP contribution in [0.1, 0.15) is 12.5 Å². The second kappa shape index (κ2) is 8.34. The van der Waals surface area contributed by atoms with Crippen molar-refractivity contribution in [2.45, 2.75) is 19.9 Å². The van der Waals surface area contributed by atoms with E-state index in [1.165, 1.54) is 37.3 Å². The summed E-state index contributed by atoms with van der Waals surface area (Å²) < 4.78 is 25.7. The largest absolute Gasteiger partial charge is 0.324 e. The highest BCUT2D eigenvalue weighted by Crippen LogP contribution is 2.30. The molecule has 28 heavy (non-hydrogen) atoms. The molecule has 0 saturated carbocycles. The molecule has 0 radical (unpaired) electrons. The predicted octanol–water partition coefficient (Wildman–Crippen LogP) is 4.00. The summed E-state index contributed by atoms with van der Waals surface area (Å²) in [5, 5.41) is 14.2. The lowest BCUT2D eigenvalue weighted by atomic mass is 10.1. The van der Waals surface area contributed by atoms with Gasteiger partial charge in [-0.15, -0.1) is 0 Å². The molecule has 1 atom stereocenters. The molecule has 0 aliphatic carbocycles. The molecule has 1 amide bonds. The molecule has 8 nitrogen and oxygen atoms in total. The highest BCUT2D eigenvalue weighted by atomic mass is 35.5. The van der Waals surface area contributed by atoms with Crippen LogP contribution in [0.4, 0.5) is 17.1 Å². The zero-order valence-corrected chi connectivity index (χ0v) is 17.5. The SMILES string of the molecule is Cc1ccc([N+](=O)[O-])cc1N(C(C)C(=O)Nc1cc(Cl)cc(Cl)c1)S(C)(=O)=O. The first kappa shape index (κ1) is 21.9. The minimum absolute atomic E-state index is 0.0449. The molecule has 2 aromatic carbocycles. The Balaban J connectivity index is 2.45. The summed E-state index contributed by atoms with van der Waals surface area (Å²) in [6.45, 7) is 2.97. The third-order valence-corrected chi connectivity index (χ3v) is 5.52. The fourth-order valence-corrected chi connectivity index (χ4v) is 4.35. The third-order valence-electron chi connectivity index (χ3n) is 3.86. The topological polar surface area (TPSA) is 110 Å². The first-order valence-corrected chi connectivity index (χ1v) is 10.5. The summed E-state index contributed by atoms with van der Waals surface area (Å²) in [5.41, 5.74) is 0.506. The Morgan fingerprint density at radius 3 is 2.25 bits per heavy atom. The van der Waals surface area contributed by atoms with Crippen LogP contribution in [0, 0.1) is 17.0 Å². The Morgan fingerprint density at radius 2 is 1.75 bits per heavy atom. The number of hydrogen-bond donors (Lipinski definition) is 1. The van der Waals surface area contributed by atoms with Gasteiger partial charge in [-0.3, -0.25) is 19.2 Å². The van der Waals surface area contributed by atoms with Crippen molar-refractivity contribution in [2.75, 3.05) is 15.9 Å². The van der Waals surface area contributed by atoms with Gasteiger partial charge in [-0.1, -0.05) is 29.3 Å². The van der Waals surface area contributed by atoms with Crippen LogP contribution in [0.15, 0.2) is 36.4 Å². The number of nitrogens with one attached hydrogen (secondary N) is 1. The van der Waals surface area contributed by atoms with Gasteiger partial charge in [0.05, 0.1) is 16.9 Å². The van der Waals surface area contributed by atoms with Gasteiger partial charge in [0.1, 0.15) is 6.04 Å². The number of carbonyl (C=O) groups excluding carboxylic acids is 1. The van der Waals surface area contributed by atoms with Crippen molar-refractivity contribution in [1.82, 2.24) is 0 Å². The molecule has 1 unspecified atom stereocenters. The van der Waals surface area contributed by atoms with E-state index in [2.05, 4.69) is 5.32 Å². The smallest absolute Gasteiger partial charge is 0.271 e. The highest BCUT2D eigenvalue weighted by Gasteiger charge is 2.31. The van der Waals surface area contributed by atoms with Crippen molar-refractivity contribution in [1.29, 1.82) is 0 Å². The number of nitro groups is 1. The average molecular weight is 446 g/mol. The molecule has 2 rings (SSSR count). The number of carbonyl (C=O) groups is 1. The first-order chi connectivity index (χ1) is 12.9. The zero-order chi connectivity index (χ0) is 21.2. The van der Waals surface area contributed by atoms with E-state index >= 15 is 0 Å². The van der Waals surface area contributed by atoms with Crippen molar-refractivity contribution in [3.8, 4) is 0 Å². The van der Waals surface area contributed by atoms with Gasteiger partial charge in [0.15, 0.2) is 0 Å². The van der Waals surface area contributed by atoms with Crippen LogP contribution in [0.5, 0.6) is 0 Å². The van der Waals surface area contributed by atoms with Crippen LogP contribution in [0.3, 0.4) is 0 Å². The maximum atomic E-state index is 12.7. The van der Waals surface area contributed by atoms with E-state index in [0.29, 0.717) is 21.3 Å². The van der Waals surface area contributed by atoms with Crippen LogP contribution < -0.4 is 9.62 Å². The molecule has 0 saturated heterocycles. The molecule has 150 valence electrons. The van der Waals surface area contributed by atoms with Crippen molar-refractivity contribution >= 4 is 56.2 Å². The van der Waals surface area contributed by atoms with Crippen LogP contribution in [0.2, 0.25) is 10.0 Å². The lowest BCUT2D eigenvalue weighted by Gasteiger charge is -2.29. The zero-order valence-electron chi connectivity index (χ0n) is 15.1. The van der Waals surface area contributed by atoms with Crippen molar-refractivity contribution < 1.29 is 18.1 Å². The van der Waals surface area contributed by atoms with E-state index in [1.807, 2.05) is 0 Å². The molecule has 0 aliphatic rings. The van der Waals surface area contributed by atoms with E-state index in [1.54, 1.807) is 6.92 Å². The molecule has 0 fully saturated rings. The molecule has 0 aromatic heterocycles. The Hall–Kier alpha value is -2.36. The van der Waals surface area contributed by atoms with Crippen LogP contribution in [-0.2, 0) is 14.8 Å². The van der Waals surface area contributed by atoms with Gasteiger partial charge < -0.3 is 5.32 Å². The van der Waals surface area contributed by atoms with E-state index in [0.717, 1.165) is 16.6 Å². The number of non-ortho nitro benzene ring substituents is 1. The maximum Gasteiger partial charge on any atom is 0.271 e. The number of anilines is 2. The van der Waals surface area contributed by atoms with Gasteiger partial charge >= 0.3 is 0 Å². The summed E-state index contributed by atoms with van der Waals surface area (Å²) in [4.78, 5) is 23.1. The van der Waals surface area contributed by atoms with Crippen molar-refractivity contribution in [2.24, 2.45) is 0 Å². The van der Waals surface area contributed by atoms with Gasteiger partial charge in [-0.05, 0) is 37.6 Å². The normalized spacial score (nSPS) is 12.3. The molecule has 1 N–H and O–H groups in total. The van der Waals surface area contributed by atoms with Crippen molar-refractivity contribution in [3.05, 3.63) is 62.1 Å². The Morgan fingerprint density at radius 1 is 1.18 bits per heavy atom. The van der Waals surface area contributed by atoms with Gasteiger partial charge in [-0.25, -0.2) is 8.42 Å².